The smallest absolute Gasteiger partial charge is 0.230 e. The van der Waals surface area contributed by atoms with E-state index in [4.69, 9.17) is 11.6 Å². The zero-order valence-corrected chi connectivity index (χ0v) is 9.27. The SMILES string of the molecule is Cc1ccc(Cl)c(NC(=O)C2CNC2)c1. The molecule has 0 aliphatic carbocycles. The Labute approximate surface area is 93.8 Å². The van der Waals surface area contributed by atoms with Crippen molar-refractivity contribution in [2.24, 2.45) is 5.92 Å². The summed E-state index contributed by atoms with van der Waals surface area (Å²) in [5, 5.41) is 6.49. The maximum absolute atomic E-state index is 11.6. The molecule has 0 saturated carbocycles. The minimum Gasteiger partial charge on any atom is -0.324 e. The number of carbonyl (C=O) groups excluding carboxylic acids is 1. The highest BCUT2D eigenvalue weighted by molar-refractivity contribution is 6.33. The minimum absolute atomic E-state index is 0.0428. The molecule has 4 heteroatoms. The standard InChI is InChI=1S/C11H13ClN2O/c1-7-2-3-9(12)10(4-7)14-11(15)8-5-13-6-8/h2-4,8,13H,5-6H2,1H3,(H,14,15). The van der Waals surface area contributed by atoms with Gasteiger partial charge in [0.2, 0.25) is 5.91 Å². The number of hydrogen-bond acceptors (Lipinski definition) is 2. The van der Waals surface area contributed by atoms with Crippen molar-refractivity contribution in [2.45, 2.75) is 6.92 Å². The summed E-state index contributed by atoms with van der Waals surface area (Å²) in [6, 6.07) is 5.60. The average molecular weight is 225 g/mol. The van der Waals surface area contributed by atoms with Gasteiger partial charge in [0.15, 0.2) is 0 Å². The van der Waals surface area contributed by atoms with Crippen molar-refractivity contribution < 1.29 is 4.79 Å². The molecule has 0 unspecified atom stereocenters. The fourth-order valence-electron chi connectivity index (χ4n) is 1.44. The number of carbonyl (C=O) groups is 1. The third-order valence-electron chi connectivity index (χ3n) is 2.53. The number of rotatable bonds is 2. The summed E-state index contributed by atoms with van der Waals surface area (Å²) in [5.41, 5.74) is 1.79. The lowest BCUT2D eigenvalue weighted by Gasteiger charge is -2.26. The Morgan fingerprint density at radius 2 is 2.27 bits per heavy atom. The molecule has 2 N–H and O–H groups in total. The lowest BCUT2D eigenvalue weighted by atomic mass is 10.0. The Morgan fingerprint density at radius 3 is 2.87 bits per heavy atom. The molecule has 1 aromatic rings. The topological polar surface area (TPSA) is 41.1 Å². The van der Waals surface area contributed by atoms with Crippen LogP contribution in [0.1, 0.15) is 5.56 Å². The molecular formula is C11H13ClN2O. The molecule has 1 aliphatic rings. The van der Waals surface area contributed by atoms with Gasteiger partial charge < -0.3 is 10.6 Å². The average Bonchev–Trinajstić information content (AvgIpc) is 2.08. The van der Waals surface area contributed by atoms with Crippen LogP contribution in [0.5, 0.6) is 0 Å². The predicted molar refractivity (Wildman–Crippen MR) is 61.2 cm³/mol. The molecule has 0 atom stereocenters. The van der Waals surface area contributed by atoms with Crippen LogP contribution in [0.2, 0.25) is 5.02 Å². The summed E-state index contributed by atoms with van der Waals surface area (Å²) in [6.07, 6.45) is 0. The summed E-state index contributed by atoms with van der Waals surface area (Å²) in [7, 11) is 0. The van der Waals surface area contributed by atoms with Crippen molar-refractivity contribution in [2.75, 3.05) is 18.4 Å². The van der Waals surface area contributed by atoms with Crippen LogP contribution in [0, 0.1) is 12.8 Å². The van der Waals surface area contributed by atoms with Gasteiger partial charge in [-0.3, -0.25) is 4.79 Å². The lowest BCUT2D eigenvalue weighted by molar-refractivity contribution is -0.121. The van der Waals surface area contributed by atoms with E-state index < -0.39 is 0 Å². The number of halogens is 1. The molecule has 0 radical (unpaired) electrons. The summed E-state index contributed by atoms with van der Waals surface area (Å²) < 4.78 is 0. The molecule has 1 aliphatic heterocycles. The van der Waals surface area contributed by atoms with E-state index in [0.717, 1.165) is 18.7 Å². The molecule has 0 aromatic heterocycles. The van der Waals surface area contributed by atoms with E-state index in [9.17, 15) is 4.79 Å². The van der Waals surface area contributed by atoms with Gasteiger partial charge in [-0.05, 0) is 24.6 Å². The van der Waals surface area contributed by atoms with Crippen molar-refractivity contribution in [3.05, 3.63) is 28.8 Å². The van der Waals surface area contributed by atoms with Crippen molar-refractivity contribution in [3.63, 3.8) is 0 Å². The van der Waals surface area contributed by atoms with Crippen LogP contribution in [0.4, 0.5) is 5.69 Å². The van der Waals surface area contributed by atoms with Crippen LogP contribution in [0.15, 0.2) is 18.2 Å². The Hall–Kier alpha value is -1.06. The molecule has 0 spiro atoms. The molecule has 1 aromatic carbocycles. The predicted octanol–water partition coefficient (Wildman–Crippen LogP) is 1.81. The maximum Gasteiger partial charge on any atom is 0.230 e. The second-order valence-electron chi connectivity index (χ2n) is 3.83. The van der Waals surface area contributed by atoms with Crippen molar-refractivity contribution >= 4 is 23.2 Å². The van der Waals surface area contributed by atoms with Gasteiger partial charge in [-0.15, -0.1) is 0 Å². The fourth-order valence-corrected chi connectivity index (χ4v) is 1.61. The van der Waals surface area contributed by atoms with Crippen LogP contribution in [0.25, 0.3) is 0 Å². The second-order valence-corrected chi connectivity index (χ2v) is 4.23. The van der Waals surface area contributed by atoms with Gasteiger partial charge in [0, 0.05) is 13.1 Å². The lowest BCUT2D eigenvalue weighted by Crippen LogP contribution is -2.48. The molecule has 1 heterocycles. The number of anilines is 1. The Kier molecular flexibility index (Phi) is 2.93. The molecular weight excluding hydrogens is 212 g/mol. The summed E-state index contributed by atoms with van der Waals surface area (Å²) in [5.74, 6) is 0.128. The Balaban J connectivity index is 2.09. The molecule has 1 fully saturated rings. The number of amides is 1. The van der Waals surface area contributed by atoms with Gasteiger partial charge in [-0.1, -0.05) is 17.7 Å². The molecule has 0 bridgehead atoms. The zero-order valence-electron chi connectivity index (χ0n) is 8.51. The first-order valence-corrected chi connectivity index (χ1v) is 5.32. The number of nitrogens with one attached hydrogen (secondary N) is 2. The molecule has 1 amide bonds. The first-order chi connectivity index (χ1) is 7.16. The number of hydrogen-bond donors (Lipinski definition) is 2. The largest absolute Gasteiger partial charge is 0.324 e. The monoisotopic (exact) mass is 224 g/mol. The van der Waals surface area contributed by atoms with Crippen LogP contribution < -0.4 is 10.6 Å². The highest BCUT2D eigenvalue weighted by Gasteiger charge is 2.25. The molecule has 2 rings (SSSR count). The van der Waals surface area contributed by atoms with Gasteiger partial charge in [0.25, 0.3) is 0 Å². The zero-order chi connectivity index (χ0) is 10.8. The van der Waals surface area contributed by atoms with E-state index in [1.54, 1.807) is 6.07 Å². The summed E-state index contributed by atoms with van der Waals surface area (Å²) >= 11 is 5.98. The third-order valence-corrected chi connectivity index (χ3v) is 2.86. The summed E-state index contributed by atoms with van der Waals surface area (Å²) in [4.78, 5) is 11.6. The van der Waals surface area contributed by atoms with E-state index in [0.29, 0.717) is 10.7 Å². The minimum atomic E-state index is 0.0428. The maximum atomic E-state index is 11.6. The Bertz CT molecular complexity index is 388. The van der Waals surface area contributed by atoms with Crippen molar-refractivity contribution in [1.29, 1.82) is 0 Å². The number of benzene rings is 1. The van der Waals surface area contributed by atoms with E-state index in [2.05, 4.69) is 10.6 Å². The van der Waals surface area contributed by atoms with E-state index >= 15 is 0 Å². The molecule has 15 heavy (non-hydrogen) atoms. The van der Waals surface area contributed by atoms with Crippen LogP contribution >= 0.6 is 11.6 Å². The van der Waals surface area contributed by atoms with E-state index in [1.807, 2.05) is 19.1 Å². The van der Waals surface area contributed by atoms with Gasteiger partial charge in [-0.2, -0.15) is 0 Å². The molecule has 3 nitrogen and oxygen atoms in total. The van der Waals surface area contributed by atoms with E-state index in [-0.39, 0.29) is 11.8 Å². The molecule has 1 saturated heterocycles. The third kappa shape index (κ3) is 2.30. The quantitative estimate of drug-likeness (QED) is 0.805. The highest BCUT2D eigenvalue weighted by Crippen LogP contribution is 2.23. The second kappa shape index (κ2) is 4.21. The fraction of sp³-hybridized carbons (Fsp3) is 0.364. The van der Waals surface area contributed by atoms with Crippen LogP contribution in [0.3, 0.4) is 0 Å². The van der Waals surface area contributed by atoms with Crippen molar-refractivity contribution in [3.8, 4) is 0 Å². The van der Waals surface area contributed by atoms with Gasteiger partial charge in [0.05, 0.1) is 16.6 Å². The first kappa shape index (κ1) is 10.5. The Morgan fingerprint density at radius 1 is 1.53 bits per heavy atom. The van der Waals surface area contributed by atoms with Crippen molar-refractivity contribution in [1.82, 2.24) is 5.32 Å². The normalized spacial score (nSPS) is 15.9. The summed E-state index contributed by atoms with van der Waals surface area (Å²) in [6.45, 7) is 3.49. The van der Waals surface area contributed by atoms with Crippen LogP contribution in [-0.2, 0) is 4.79 Å². The van der Waals surface area contributed by atoms with Gasteiger partial charge in [0.1, 0.15) is 0 Å². The highest BCUT2D eigenvalue weighted by atomic mass is 35.5. The number of aryl methyl sites for hydroxylation is 1. The van der Waals surface area contributed by atoms with E-state index in [1.165, 1.54) is 0 Å². The molecule has 80 valence electrons. The van der Waals surface area contributed by atoms with Gasteiger partial charge >= 0.3 is 0 Å². The van der Waals surface area contributed by atoms with Gasteiger partial charge in [-0.25, -0.2) is 0 Å². The first-order valence-electron chi connectivity index (χ1n) is 4.94. The van der Waals surface area contributed by atoms with Crippen LogP contribution in [-0.4, -0.2) is 19.0 Å².